The van der Waals surface area contributed by atoms with E-state index in [0.717, 1.165) is 17.5 Å². The molecule has 2 bridgehead atoms. The van der Waals surface area contributed by atoms with Crippen LogP contribution in [0.15, 0.2) is 0 Å². The van der Waals surface area contributed by atoms with Gasteiger partial charge in [-0.15, -0.1) is 0 Å². The molecule has 0 saturated carbocycles. The topological polar surface area (TPSA) is 41.5 Å². The minimum Gasteiger partial charge on any atom is -0.390 e. The second-order valence-electron chi connectivity index (χ2n) is 3.76. The van der Waals surface area contributed by atoms with Crippen molar-refractivity contribution in [3.05, 3.63) is 0 Å². The average molecular weight is 281 g/mol. The summed E-state index contributed by atoms with van der Waals surface area (Å²) in [7, 11) is 2.05. The normalized spacial score (nSPS) is 52.7. The fourth-order valence-electron chi connectivity index (χ4n) is 2.21. The van der Waals surface area contributed by atoms with Crippen LogP contribution in [0.1, 0.15) is 0 Å². The molecule has 12 heavy (non-hydrogen) atoms. The number of halogens is 1. The van der Waals surface area contributed by atoms with Gasteiger partial charge in [-0.3, -0.25) is 0 Å². The first-order valence-electron chi connectivity index (χ1n) is 4.32. The highest BCUT2D eigenvalue weighted by Crippen LogP contribution is 2.37. The molecule has 2 saturated heterocycles. The molecular formula is C7H13BINO2. The van der Waals surface area contributed by atoms with Crippen molar-refractivity contribution in [2.24, 2.45) is 5.92 Å². The van der Waals surface area contributed by atoms with E-state index in [9.17, 15) is 5.11 Å². The average Bonchev–Trinajstić information content (AvgIpc) is 2.23. The Kier molecular flexibility index (Phi) is 2.40. The smallest absolute Gasteiger partial charge is 0.139 e. The van der Waals surface area contributed by atoms with Gasteiger partial charge < -0.3 is 15.2 Å². The molecule has 2 aliphatic rings. The van der Waals surface area contributed by atoms with E-state index in [1.807, 2.05) is 0 Å². The van der Waals surface area contributed by atoms with Gasteiger partial charge in [-0.25, -0.2) is 0 Å². The van der Waals surface area contributed by atoms with Crippen LogP contribution in [0.2, 0.25) is 0 Å². The molecule has 0 aromatic heterocycles. The van der Waals surface area contributed by atoms with Crippen molar-refractivity contribution in [2.75, 3.05) is 17.5 Å². The summed E-state index contributed by atoms with van der Waals surface area (Å²) in [5.41, 5.74) is -0.303. The molecule has 2 unspecified atom stereocenters. The lowest BCUT2D eigenvalue weighted by atomic mass is 9.80. The molecule has 0 amide bonds. The van der Waals surface area contributed by atoms with E-state index in [-0.39, 0.29) is 23.6 Å². The number of hydrogen-bond donors (Lipinski definition) is 2. The zero-order valence-electron chi connectivity index (χ0n) is 7.09. The molecule has 0 aromatic rings. The molecule has 0 spiro atoms. The third-order valence-corrected chi connectivity index (χ3v) is 4.29. The van der Waals surface area contributed by atoms with E-state index >= 15 is 0 Å². The van der Waals surface area contributed by atoms with Crippen molar-refractivity contribution < 1.29 is 9.84 Å². The lowest BCUT2D eigenvalue weighted by molar-refractivity contribution is -0.0509. The van der Waals surface area contributed by atoms with Crippen molar-refractivity contribution in [2.45, 2.75) is 17.7 Å². The highest BCUT2D eigenvalue weighted by molar-refractivity contribution is 14.1. The Morgan fingerprint density at radius 3 is 3.08 bits per heavy atom. The first-order valence-corrected chi connectivity index (χ1v) is 5.85. The van der Waals surface area contributed by atoms with Crippen LogP contribution in [0.4, 0.5) is 0 Å². The van der Waals surface area contributed by atoms with Gasteiger partial charge in [-0.05, 0) is 0 Å². The predicted molar refractivity (Wildman–Crippen MR) is 57.4 cm³/mol. The standard InChI is InChI=1S/C7H13BINO2/c8-6-4-1-10-3-7(2-9,12-6)5(4)11/h4-6,10-11H,1-3,8H2/t4?,5?,6-,7+/m1/s1. The maximum Gasteiger partial charge on any atom is 0.139 e. The highest BCUT2D eigenvalue weighted by atomic mass is 127. The minimum atomic E-state index is -0.303. The molecule has 2 fully saturated rings. The van der Waals surface area contributed by atoms with Gasteiger partial charge in [0.05, 0.1) is 6.10 Å². The molecule has 68 valence electrons. The number of hydrogen-bond acceptors (Lipinski definition) is 3. The Labute approximate surface area is 86.8 Å². The van der Waals surface area contributed by atoms with Crippen molar-refractivity contribution in [1.29, 1.82) is 0 Å². The summed E-state index contributed by atoms with van der Waals surface area (Å²) in [6.45, 7) is 1.68. The minimum absolute atomic E-state index is 0.199. The van der Waals surface area contributed by atoms with Crippen LogP contribution < -0.4 is 5.32 Å². The highest BCUT2D eigenvalue weighted by Gasteiger charge is 2.54. The van der Waals surface area contributed by atoms with E-state index in [2.05, 4.69) is 35.8 Å². The van der Waals surface area contributed by atoms with Gasteiger partial charge >= 0.3 is 0 Å². The molecule has 0 radical (unpaired) electrons. The van der Waals surface area contributed by atoms with Gasteiger partial charge in [-0.1, -0.05) is 22.6 Å². The molecule has 2 N–H and O–H groups in total. The summed E-state index contributed by atoms with van der Waals surface area (Å²) in [6.07, 6.45) is -0.273. The molecule has 0 aliphatic carbocycles. The van der Waals surface area contributed by atoms with Crippen molar-refractivity contribution in [1.82, 2.24) is 5.32 Å². The van der Waals surface area contributed by atoms with E-state index in [4.69, 9.17) is 4.74 Å². The second kappa shape index (κ2) is 3.11. The number of aliphatic hydroxyl groups is 1. The Morgan fingerprint density at radius 2 is 2.50 bits per heavy atom. The summed E-state index contributed by atoms with van der Waals surface area (Å²) in [6, 6.07) is 0.199. The van der Waals surface area contributed by atoms with E-state index < -0.39 is 0 Å². The largest absolute Gasteiger partial charge is 0.390 e. The summed E-state index contributed by atoms with van der Waals surface area (Å²) < 4.78 is 6.68. The number of alkyl halides is 1. The molecule has 0 aromatic carbocycles. The lowest BCUT2D eigenvalue weighted by Gasteiger charge is -2.35. The quantitative estimate of drug-likeness (QED) is 0.358. The van der Waals surface area contributed by atoms with Gasteiger partial charge in [0.25, 0.3) is 0 Å². The Balaban J connectivity index is 2.24. The van der Waals surface area contributed by atoms with E-state index in [1.54, 1.807) is 0 Å². The van der Waals surface area contributed by atoms with Crippen molar-refractivity contribution >= 4 is 30.4 Å². The van der Waals surface area contributed by atoms with Crippen LogP contribution in [0, 0.1) is 5.92 Å². The first kappa shape index (κ1) is 9.24. The molecule has 2 aliphatic heterocycles. The van der Waals surface area contributed by atoms with E-state index in [1.165, 1.54) is 0 Å². The fourth-order valence-corrected chi connectivity index (χ4v) is 3.11. The molecule has 2 heterocycles. The van der Waals surface area contributed by atoms with Crippen LogP contribution in [-0.2, 0) is 4.74 Å². The number of fused-ring (bicyclic) bond motifs is 2. The number of rotatable bonds is 1. The number of nitrogens with one attached hydrogen (secondary N) is 1. The SMILES string of the molecule is B[C@@H]1O[C@@]2(CI)CNCC1C2O. The van der Waals surface area contributed by atoms with Crippen LogP contribution >= 0.6 is 22.6 Å². The Bertz CT molecular complexity index is 194. The van der Waals surface area contributed by atoms with Crippen LogP contribution in [-0.4, -0.2) is 48.2 Å². The van der Waals surface area contributed by atoms with Gasteiger partial charge in [0.15, 0.2) is 0 Å². The third-order valence-electron chi connectivity index (χ3n) is 3.00. The van der Waals surface area contributed by atoms with Crippen molar-refractivity contribution in [3.63, 3.8) is 0 Å². The monoisotopic (exact) mass is 281 g/mol. The predicted octanol–water partition coefficient (Wildman–Crippen LogP) is -1.27. The van der Waals surface area contributed by atoms with Gasteiger partial charge in [0.2, 0.25) is 0 Å². The summed E-state index contributed by atoms with van der Waals surface area (Å²) in [5, 5.41) is 13.3. The molecule has 5 heteroatoms. The van der Waals surface area contributed by atoms with Crippen LogP contribution in [0.25, 0.3) is 0 Å². The molecular weight excluding hydrogens is 268 g/mol. The van der Waals surface area contributed by atoms with Gasteiger partial charge in [0.1, 0.15) is 13.4 Å². The molecule has 3 nitrogen and oxygen atoms in total. The fraction of sp³-hybridized carbons (Fsp3) is 1.00. The van der Waals surface area contributed by atoms with Crippen LogP contribution in [0.5, 0.6) is 0 Å². The number of aliphatic hydroxyl groups excluding tert-OH is 1. The molecule has 4 atom stereocenters. The number of piperidine rings is 1. The second-order valence-corrected chi connectivity index (χ2v) is 4.52. The lowest BCUT2D eigenvalue weighted by Crippen LogP contribution is -2.56. The number of ether oxygens (including phenoxy) is 1. The third kappa shape index (κ3) is 1.13. The van der Waals surface area contributed by atoms with Crippen molar-refractivity contribution in [3.8, 4) is 0 Å². The van der Waals surface area contributed by atoms with Gasteiger partial charge in [0, 0.05) is 29.4 Å². The van der Waals surface area contributed by atoms with Crippen LogP contribution in [0.3, 0.4) is 0 Å². The summed E-state index contributed by atoms with van der Waals surface area (Å²) >= 11 is 2.29. The maximum absolute atomic E-state index is 9.96. The van der Waals surface area contributed by atoms with Gasteiger partial charge in [-0.2, -0.15) is 0 Å². The maximum atomic E-state index is 9.96. The zero-order valence-corrected chi connectivity index (χ0v) is 9.24. The first-order chi connectivity index (χ1) is 5.69. The molecule has 2 rings (SSSR count). The summed E-state index contributed by atoms with van der Waals surface area (Å²) in [4.78, 5) is 0. The summed E-state index contributed by atoms with van der Waals surface area (Å²) in [5.74, 6) is 0.286. The van der Waals surface area contributed by atoms with E-state index in [0.29, 0.717) is 0 Å². The zero-order chi connectivity index (χ0) is 8.77. The Hall–Kier alpha value is 0.675. The Morgan fingerprint density at radius 1 is 1.75 bits per heavy atom.